The second kappa shape index (κ2) is 10.9. The van der Waals surface area contributed by atoms with E-state index in [1.807, 2.05) is 0 Å². The van der Waals surface area contributed by atoms with Gasteiger partial charge in [0.25, 0.3) is 0 Å². The highest BCUT2D eigenvalue weighted by Gasteiger charge is 2.36. The average molecular weight is 638 g/mol. The predicted molar refractivity (Wildman–Crippen MR) is 214 cm³/mol. The molecule has 10 rings (SSSR count). The largest absolute Gasteiger partial charge is 0.309 e. The first kappa shape index (κ1) is 28.8. The van der Waals surface area contributed by atoms with Crippen LogP contribution >= 0.6 is 0 Å². The molecule has 0 aliphatic heterocycles. The molecule has 0 bridgehead atoms. The lowest BCUT2D eigenvalue weighted by molar-refractivity contribution is 0.660. The zero-order chi connectivity index (χ0) is 33.4. The van der Waals surface area contributed by atoms with Gasteiger partial charge in [-0.2, -0.15) is 0 Å². The van der Waals surface area contributed by atoms with Crippen LogP contribution in [0.2, 0.25) is 0 Å². The van der Waals surface area contributed by atoms with E-state index in [1.165, 1.54) is 82.2 Å². The van der Waals surface area contributed by atoms with Gasteiger partial charge in [0.05, 0.1) is 11.4 Å². The molecule has 0 amide bonds. The molecule has 1 aliphatic carbocycles. The minimum atomic E-state index is -0.112. The summed E-state index contributed by atoms with van der Waals surface area (Å²) in [6, 6.07) is 65.1. The molecule has 1 heteroatoms. The number of anilines is 3. The van der Waals surface area contributed by atoms with E-state index in [9.17, 15) is 0 Å². The zero-order valence-electron chi connectivity index (χ0n) is 28.2. The van der Waals surface area contributed by atoms with Crippen LogP contribution in [0.1, 0.15) is 25.0 Å². The molecule has 0 fully saturated rings. The maximum absolute atomic E-state index is 2.50. The number of nitrogens with zero attached hydrogens (tertiary/aromatic N) is 1. The molecule has 1 nitrogen and oxygen atoms in total. The topological polar surface area (TPSA) is 3.24 Å². The van der Waals surface area contributed by atoms with Crippen molar-refractivity contribution in [1.29, 1.82) is 0 Å². The summed E-state index contributed by atoms with van der Waals surface area (Å²) in [6.07, 6.45) is 0. The van der Waals surface area contributed by atoms with Crippen LogP contribution in [0.5, 0.6) is 0 Å². The summed E-state index contributed by atoms with van der Waals surface area (Å²) >= 11 is 0. The normalized spacial score (nSPS) is 13.2. The molecule has 0 radical (unpaired) electrons. The van der Waals surface area contributed by atoms with E-state index in [0.29, 0.717) is 0 Å². The lowest BCUT2D eigenvalue weighted by Crippen LogP contribution is -2.17. The quantitative estimate of drug-likeness (QED) is 0.174. The minimum absolute atomic E-state index is 0.112. The van der Waals surface area contributed by atoms with Crippen LogP contribution in [0.4, 0.5) is 17.1 Å². The van der Waals surface area contributed by atoms with E-state index in [-0.39, 0.29) is 5.41 Å². The molecule has 0 unspecified atom stereocenters. The molecule has 9 aromatic rings. The summed E-state index contributed by atoms with van der Waals surface area (Å²) in [6.45, 7) is 4.73. The Bertz CT molecular complexity index is 2800. The Labute approximate surface area is 292 Å². The van der Waals surface area contributed by atoms with Gasteiger partial charge in [0.15, 0.2) is 0 Å². The zero-order valence-corrected chi connectivity index (χ0v) is 28.2. The summed E-state index contributed by atoms with van der Waals surface area (Å²) in [7, 11) is 0. The van der Waals surface area contributed by atoms with Crippen molar-refractivity contribution in [2.24, 2.45) is 0 Å². The summed E-state index contributed by atoms with van der Waals surface area (Å²) < 4.78 is 0. The van der Waals surface area contributed by atoms with Crippen molar-refractivity contribution in [3.63, 3.8) is 0 Å². The Hall–Kier alpha value is -6.18. The Balaban J connectivity index is 1.27. The molecule has 9 aromatic carbocycles. The number of hydrogen-bond donors (Lipinski definition) is 0. The highest BCUT2D eigenvalue weighted by atomic mass is 15.1. The highest BCUT2D eigenvalue weighted by Crippen LogP contribution is 2.52. The van der Waals surface area contributed by atoms with Gasteiger partial charge in [-0.05, 0) is 95.9 Å². The second-order valence-corrected chi connectivity index (χ2v) is 14.1. The van der Waals surface area contributed by atoms with Crippen molar-refractivity contribution in [1.82, 2.24) is 0 Å². The molecule has 236 valence electrons. The molecule has 0 heterocycles. The van der Waals surface area contributed by atoms with Crippen LogP contribution in [-0.2, 0) is 5.41 Å². The molecule has 50 heavy (non-hydrogen) atoms. The van der Waals surface area contributed by atoms with Crippen molar-refractivity contribution in [2.75, 3.05) is 4.90 Å². The molecule has 0 aromatic heterocycles. The van der Waals surface area contributed by atoms with E-state index in [0.717, 1.165) is 11.4 Å². The molecule has 0 spiro atoms. The van der Waals surface area contributed by atoms with Gasteiger partial charge in [0.1, 0.15) is 0 Å². The Morgan fingerprint density at radius 1 is 0.380 bits per heavy atom. The van der Waals surface area contributed by atoms with Gasteiger partial charge in [-0.3, -0.25) is 0 Å². The van der Waals surface area contributed by atoms with Crippen LogP contribution < -0.4 is 4.90 Å². The van der Waals surface area contributed by atoms with E-state index >= 15 is 0 Å². The summed E-state index contributed by atoms with van der Waals surface area (Å²) in [5, 5.41) is 10.1. The van der Waals surface area contributed by atoms with Gasteiger partial charge in [-0.15, -0.1) is 0 Å². The van der Waals surface area contributed by atoms with Gasteiger partial charge < -0.3 is 4.90 Å². The van der Waals surface area contributed by atoms with E-state index in [1.54, 1.807) is 0 Å². The van der Waals surface area contributed by atoms with Crippen LogP contribution in [0.3, 0.4) is 0 Å². The summed E-state index contributed by atoms with van der Waals surface area (Å²) in [5.74, 6) is 0. The fourth-order valence-electron chi connectivity index (χ4n) is 8.55. The van der Waals surface area contributed by atoms with Crippen LogP contribution in [0.25, 0.3) is 65.3 Å². The summed E-state index contributed by atoms with van der Waals surface area (Å²) in [4.78, 5) is 2.50. The maximum Gasteiger partial charge on any atom is 0.0540 e. The molecule has 0 saturated carbocycles. The van der Waals surface area contributed by atoms with Crippen molar-refractivity contribution in [3.8, 4) is 22.3 Å². The first-order valence-electron chi connectivity index (χ1n) is 17.5. The van der Waals surface area contributed by atoms with Crippen molar-refractivity contribution in [3.05, 3.63) is 187 Å². The lowest BCUT2D eigenvalue weighted by Gasteiger charge is -2.31. The number of benzene rings is 9. The van der Waals surface area contributed by atoms with Crippen LogP contribution in [-0.4, -0.2) is 0 Å². The molecule has 1 aliphatic rings. The number of fused-ring (bicyclic) bond motifs is 9. The lowest BCUT2D eigenvalue weighted by atomic mass is 9.82. The Morgan fingerprint density at radius 2 is 1.02 bits per heavy atom. The molecular formula is C49H35N. The van der Waals surface area contributed by atoms with E-state index in [4.69, 9.17) is 0 Å². The minimum Gasteiger partial charge on any atom is -0.309 e. The Morgan fingerprint density at radius 3 is 1.92 bits per heavy atom. The maximum atomic E-state index is 2.50. The van der Waals surface area contributed by atoms with Gasteiger partial charge >= 0.3 is 0 Å². The fraction of sp³-hybridized carbons (Fsp3) is 0.0612. The van der Waals surface area contributed by atoms with Crippen LogP contribution in [0.15, 0.2) is 176 Å². The third kappa shape index (κ3) is 4.27. The smallest absolute Gasteiger partial charge is 0.0540 e. The van der Waals surface area contributed by atoms with Crippen molar-refractivity contribution in [2.45, 2.75) is 19.3 Å². The fourth-order valence-corrected chi connectivity index (χ4v) is 8.55. The number of para-hydroxylation sites is 1. The third-order valence-corrected chi connectivity index (χ3v) is 11.0. The molecule has 0 saturated heterocycles. The molecular weight excluding hydrogens is 603 g/mol. The van der Waals surface area contributed by atoms with E-state index in [2.05, 4.69) is 195 Å². The molecule has 0 atom stereocenters. The highest BCUT2D eigenvalue weighted by molar-refractivity contribution is 6.22. The van der Waals surface area contributed by atoms with E-state index < -0.39 is 0 Å². The van der Waals surface area contributed by atoms with Gasteiger partial charge in [-0.1, -0.05) is 159 Å². The first-order chi connectivity index (χ1) is 24.6. The standard InChI is InChI=1S/C49H35N/c1-49(2)44-19-9-7-17-40(44)41-29-27-37(31-45(41)49)50(46-20-10-8-15-38(46)36-25-22-32-12-3-4-14-35(32)30-36)47-21-11-18-43-42(47)28-26-34-24-23-33-13-5-6-16-39(33)48(34)43/h3-31H,1-2H3. The first-order valence-corrected chi connectivity index (χ1v) is 17.5. The third-order valence-electron chi connectivity index (χ3n) is 11.0. The number of hydrogen-bond acceptors (Lipinski definition) is 1. The van der Waals surface area contributed by atoms with Gasteiger partial charge in [0, 0.05) is 22.1 Å². The number of rotatable bonds is 4. The van der Waals surface area contributed by atoms with Crippen molar-refractivity contribution < 1.29 is 0 Å². The predicted octanol–water partition coefficient (Wildman–Crippen LogP) is 13.7. The Kier molecular flexibility index (Phi) is 6.29. The van der Waals surface area contributed by atoms with Crippen LogP contribution in [0, 0.1) is 0 Å². The molecule has 0 N–H and O–H groups in total. The summed E-state index contributed by atoms with van der Waals surface area (Å²) in [5.41, 5.74) is 11.2. The van der Waals surface area contributed by atoms with Gasteiger partial charge in [0.2, 0.25) is 0 Å². The monoisotopic (exact) mass is 637 g/mol. The second-order valence-electron chi connectivity index (χ2n) is 14.1. The SMILES string of the molecule is CC1(C)c2ccccc2-c2ccc(N(c3ccccc3-c3ccc4ccccc4c3)c3cccc4c3ccc3ccc5ccccc5c34)cc21. The van der Waals surface area contributed by atoms with Gasteiger partial charge in [-0.25, -0.2) is 0 Å². The average Bonchev–Trinajstić information content (AvgIpc) is 3.40. The van der Waals surface area contributed by atoms with Crippen molar-refractivity contribution >= 4 is 60.2 Å².